The Labute approximate surface area is 184 Å². The number of guanidine groups is 1. The molecule has 1 amide bonds. The largest absolute Gasteiger partial charge is 0.357 e. The number of nitrogens with zero attached hydrogens (tertiary/aromatic N) is 3. The first-order chi connectivity index (χ1) is 12.9. The van der Waals surface area contributed by atoms with Crippen LogP contribution in [0.15, 0.2) is 34.2 Å². The fourth-order valence-corrected chi connectivity index (χ4v) is 3.93. The van der Waals surface area contributed by atoms with Crippen molar-refractivity contribution in [1.29, 1.82) is 0 Å². The lowest BCUT2D eigenvalue weighted by Crippen LogP contribution is -2.44. The van der Waals surface area contributed by atoms with Crippen molar-refractivity contribution in [3.63, 3.8) is 0 Å². The van der Waals surface area contributed by atoms with Crippen LogP contribution in [0.4, 0.5) is 0 Å². The Morgan fingerprint density at radius 3 is 2.43 bits per heavy atom. The number of likely N-dealkylation sites (tertiary alicyclic amines) is 1. The molecule has 0 bridgehead atoms. The van der Waals surface area contributed by atoms with Crippen LogP contribution in [0.2, 0.25) is 0 Å². The van der Waals surface area contributed by atoms with E-state index in [2.05, 4.69) is 15.6 Å². The molecule has 28 heavy (non-hydrogen) atoms. The molecule has 2 rings (SSSR count). The predicted octanol–water partition coefficient (Wildman–Crippen LogP) is 1.23. The Balaban J connectivity index is 0.00000392. The molecule has 1 aromatic rings. The van der Waals surface area contributed by atoms with Crippen LogP contribution in [-0.4, -0.2) is 69.8 Å². The number of halogens is 1. The topological polar surface area (TPSA) is 94.1 Å². The maximum absolute atomic E-state index is 12.5. The molecule has 10 heteroatoms. The Bertz CT molecular complexity index is 777. The van der Waals surface area contributed by atoms with Crippen molar-refractivity contribution >= 4 is 45.9 Å². The molecule has 0 atom stereocenters. The van der Waals surface area contributed by atoms with Crippen LogP contribution in [0.1, 0.15) is 25.3 Å². The van der Waals surface area contributed by atoms with E-state index >= 15 is 0 Å². The van der Waals surface area contributed by atoms with E-state index in [0.717, 1.165) is 25.9 Å². The molecule has 0 unspecified atom stereocenters. The summed E-state index contributed by atoms with van der Waals surface area (Å²) in [6.07, 6.45) is 2.11. The number of rotatable bonds is 7. The van der Waals surface area contributed by atoms with E-state index in [-0.39, 0.29) is 47.9 Å². The van der Waals surface area contributed by atoms with Gasteiger partial charge < -0.3 is 15.5 Å². The molecule has 1 aromatic carbocycles. The van der Waals surface area contributed by atoms with Crippen molar-refractivity contribution in [2.24, 2.45) is 4.99 Å². The highest BCUT2D eigenvalue weighted by Crippen LogP contribution is 2.19. The summed E-state index contributed by atoms with van der Waals surface area (Å²) in [5.74, 6) is 0.538. The molecule has 0 saturated carbocycles. The molecule has 0 aliphatic carbocycles. The molecule has 0 aromatic heterocycles. The van der Waals surface area contributed by atoms with Gasteiger partial charge in [-0.3, -0.25) is 4.79 Å². The first kappa shape index (κ1) is 24.6. The maximum atomic E-state index is 12.5. The summed E-state index contributed by atoms with van der Waals surface area (Å²) in [6, 6.07) is 6.81. The normalized spacial score (nSPS) is 14.7. The molecule has 8 nitrogen and oxygen atoms in total. The van der Waals surface area contributed by atoms with Gasteiger partial charge in [-0.25, -0.2) is 17.7 Å². The van der Waals surface area contributed by atoms with Gasteiger partial charge in [0.05, 0.1) is 18.0 Å². The average Bonchev–Trinajstić information content (AvgIpc) is 3.18. The van der Waals surface area contributed by atoms with Gasteiger partial charge in [0.25, 0.3) is 0 Å². The lowest BCUT2D eigenvalue weighted by Gasteiger charge is -2.17. The minimum absolute atomic E-state index is 0. The predicted molar refractivity (Wildman–Crippen MR) is 121 cm³/mol. The van der Waals surface area contributed by atoms with Gasteiger partial charge in [-0.1, -0.05) is 18.2 Å². The van der Waals surface area contributed by atoms with Crippen molar-refractivity contribution in [3.05, 3.63) is 29.8 Å². The van der Waals surface area contributed by atoms with E-state index in [4.69, 9.17) is 0 Å². The van der Waals surface area contributed by atoms with Crippen LogP contribution >= 0.6 is 24.0 Å². The standard InChI is InChI=1S/C18H29N5O3S.HI/c1-4-19-18(21-14-17(24)23-11-7-8-12-23)20-13-15-9-5-6-10-16(15)27(25,26)22(2)3;/h5-6,9-10H,4,7-8,11-14H2,1-3H3,(H2,19,20,21);1H. The van der Waals surface area contributed by atoms with E-state index in [1.54, 1.807) is 24.3 Å². The molecule has 1 aliphatic heterocycles. The number of nitrogens with one attached hydrogen (secondary N) is 2. The van der Waals surface area contributed by atoms with Crippen LogP contribution in [0.3, 0.4) is 0 Å². The summed E-state index contributed by atoms with van der Waals surface area (Å²) in [7, 11) is -0.532. The highest BCUT2D eigenvalue weighted by atomic mass is 127. The Kier molecular flexibility index (Phi) is 10.2. The molecule has 1 heterocycles. The third-order valence-electron chi connectivity index (χ3n) is 4.35. The Morgan fingerprint density at radius 2 is 1.82 bits per heavy atom. The monoisotopic (exact) mass is 523 g/mol. The number of hydrogen-bond acceptors (Lipinski definition) is 4. The Hall–Kier alpha value is -1.40. The molecular formula is C18H30IN5O3S. The second-order valence-corrected chi connectivity index (χ2v) is 8.65. The molecular weight excluding hydrogens is 493 g/mol. The number of hydrogen-bond donors (Lipinski definition) is 2. The van der Waals surface area contributed by atoms with Crippen molar-refractivity contribution in [1.82, 2.24) is 19.8 Å². The Morgan fingerprint density at radius 1 is 1.18 bits per heavy atom. The van der Waals surface area contributed by atoms with Gasteiger partial charge >= 0.3 is 0 Å². The molecule has 0 spiro atoms. The fraction of sp³-hybridized carbons (Fsp3) is 0.556. The molecule has 1 fully saturated rings. The fourth-order valence-electron chi connectivity index (χ4n) is 2.83. The van der Waals surface area contributed by atoms with Gasteiger partial charge in [0.2, 0.25) is 15.9 Å². The molecule has 0 radical (unpaired) electrons. The summed E-state index contributed by atoms with van der Waals surface area (Å²) < 4.78 is 26.2. The minimum atomic E-state index is -3.54. The summed E-state index contributed by atoms with van der Waals surface area (Å²) >= 11 is 0. The summed E-state index contributed by atoms with van der Waals surface area (Å²) in [5.41, 5.74) is 0.606. The van der Waals surface area contributed by atoms with Crippen LogP contribution in [0.25, 0.3) is 0 Å². The zero-order valence-corrected chi connectivity index (χ0v) is 19.8. The van der Waals surface area contributed by atoms with Crippen LogP contribution in [-0.2, 0) is 21.4 Å². The minimum Gasteiger partial charge on any atom is -0.357 e. The first-order valence-corrected chi connectivity index (χ1v) is 10.6. The maximum Gasteiger partial charge on any atom is 0.242 e. The van der Waals surface area contributed by atoms with Gasteiger partial charge in [0.15, 0.2) is 5.96 Å². The number of sulfonamides is 1. The second kappa shape index (κ2) is 11.6. The summed E-state index contributed by atoms with van der Waals surface area (Å²) in [6.45, 7) is 4.55. The van der Waals surface area contributed by atoms with Gasteiger partial charge in [0.1, 0.15) is 0 Å². The highest BCUT2D eigenvalue weighted by Gasteiger charge is 2.21. The van der Waals surface area contributed by atoms with Gasteiger partial charge in [-0.2, -0.15) is 0 Å². The van der Waals surface area contributed by atoms with Crippen molar-refractivity contribution < 1.29 is 13.2 Å². The first-order valence-electron chi connectivity index (χ1n) is 9.16. The molecule has 158 valence electrons. The number of carbonyl (C=O) groups is 1. The quantitative estimate of drug-likeness (QED) is 0.319. The van der Waals surface area contributed by atoms with E-state index in [0.29, 0.717) is 18.1 Å². The van der Waals surface area contributed by atoms with E-state index in [1.807, 2.05) is 11.8 Å². The lowest BCUT2D eigenvalue weighted by atomic mass is 10.2. The summed E-state index contributed by atoms with van der Waals surface area (Å²) in [5, 5.41) is 6.12. The van der Waals surface area contributed by atoms with E-state index in [9.17, 15) is 13.2 Å². The van der Waals surface area contributed by atoms with Crippen LogP contribution < -0.4 is 10.6 Å². The zero-order chi connectivity index (χ0) is 19.9. The number of carbonyl (C=O) groups excluding carboxylic acids is 1. The van der Waals surface area contributed by atoms with Gasteiger partial charge in [0, 0.05) is 33.7 Å². The van der Waals surface area contributed by atoms with Crippen LogP contribution in [0, 0.1) is 0 Å². The zero-order valence-electron chi connectivity index (χ0n) is 16.6. The van der Waals surface area contributed by atoms with E-state index in [1.165, 1.54) is 18.4 Å². The number of benzene rings is 1. The lowest BCUT2D eigenvalue weighted by molar-refractivity contribution is -0.128. The van der Waals surface area contributed by atoms with Crippen molar-refractivity contribution in [2.75, 3.05) is 40.3 Å². The number of aliphatic imine (C=N–C) groups is 1. The molecule has 2 N–H and O–H groups in total. The second-order valence-electron chi connectivity index (χ2n) is 6.53. The van der Waals surface area contributed by atoms with Gasteiger partial charge in [-0.05, 0) is 31.4 Å². The van der Waals surface area contributed by atoms with Crippen molar-refractivity contribution in [2.45, 2.75) is 31.2 Å². The average molecular weight is 523 g/mol. The SMILES string of the molecule is CCNC(=NCc1ccccc1S(=O)(=O)N(C)C)NCC(=O)N1CCCC1.I. The highest BCUT2D eigenvalue weighted by molar-refractivity contribution is 14.0. The summed E-state index contributed by atoms with van der Waals surface area (Å²) in [4.78, 5) is 18.7. The van der Waals surface area contributed by atoms with Crippen molar-refractivity contribution in [3.8, 4) is 0 Å². The molecule has 1 aliphatic rings. The van der Waals surface area contributed by atoms with Gasteiger partial charge in [-0.15, -0.1) is 24.0 Å². The smallest absolute Gasteiger partial charge is 0.242 e. The third-order valence-corrected chi connectivity index (χ3v) is 6.26. The molecule has 1 saturated heterocycles. The number of amides is 1. The third kappa shape index (κ3) is 6.59. The van der Waals surface area contributed by atoms with Crippen LogP contribution in [0.5, 0.6) is 0 Å². The van der Waals surface area contributed by atoms with E-state index < -0.39 is 10.0 Å².